The van der Waals surface area contributed by atoms with Gasteiger partial charge in [0.2, 0.25) is 0 Å². The lowest BCUT2D eigenvalue weighted by Crippen LogP contribution is -2.39. The molecule has 2 aliphatic rings. The van der Waals surface area contributed by atoms with E-state index < -0.39 is 12.1 Å². The van der Waals surface area contributed by atoms with Crippen LogP contribution in [-0.4, -0.2) is 35.5 Å². The Kier molecular flexibility index (Phi) is 4.58. The number of aryl methyl sites for hydroxylation is 2. The summed E-state index contributed by atoms with van der Waals surface area (Å²) in [4.78, 5) is 27.1. The van der Waals surface area contributed by atoms with E-state index in [9.17, 15) is 9.59 Å². The fraction of sp³-hybridized carbons (Fsp3) is 0.333. The van der Waals surface area contributed by atoms with Gasteiger partial charge < -0.3 is 4.74 Å². The number of ether oxygens (including phenoxy) is 1. The van der Waals surface area contributed by atoms with Gasteiger partial charge in [0.25, 0.3) is 11.8 Å². The van der Waals surface area contributed by atoms with E-state index in [0.29, 0.717) is 24.6 Å². The SMILES string of the molecule is CCOc1ccc(N2C(=O)C3N=NN(Cc4cc(C)ccc4C)C3C2=O)cc1. The molecule has 1 fully saturated rings. The van der Waals surface area contributed by atoms with E-state index in [-0.39, 0.29) is 11.8 Å². The molecule has 7 nitrogen and oxygen atoms in total. The maximum absolute atomic E-state index is 13.1. The summed E-state index contributed by atoms with van der Waals surface area (Å²) >= 11 is 0. The monoisotopic (exact) mass is 378 g/mol. The van der Waals surface area contributed by atoms with Crippen molar-refractivity contribution in [2.45, 2.75) is 39.4 Å². The fourth-order valence-electron chi connectivity index (χ4n) is 3.61. The number of amides is 2. The zero-order valence-corrected chi connectivity index (χ0v) is 16.1. The van der Waals surface area contributed by atoms with Gasteiger partial charge in [-0.2, -0.15) is 5.11 Å². The van der Waals surface area contributed by atoms with Crippen LogP contribution >= 0.6 is 0 Å². The Balaban J connectivity index is 1.57. The molecule has 0 bridgehead atoms. The second-order valence-electron chi connectivity index (χ2n) is 7.06. The molecular weight excluding hydrogens is 356 g/mol. The van der Waals surface area contributed by atoms with Gasteiger partial charge in [-0.15, -0.1) is 0 Å². The summed E-state index contributed by atoms with van der Waals surface area (Å²) < 4.78 is 5.43. The number of carbonyl (C=O) groups excluding carboxylic acids is 2. The molecule has 0 saturated carbocycles. The van der Waals surface area contributed by atoms with Crippen LogP contribution in [0.1, 0.15) is 23.6 Å². The van der Waals surface area contributed by atoms with Crippen LogP contribution in [0.4, 0.5) is 5.69 Å². The van der Waals surface area contributed by atoms with Crippen LogP contribution < -0.4 is 9.64 Å². The minimum Gasteiger partial charge on any atom is -0.494 e. The molecular formula is C21H22N4O3. The first-order valence-corrected chi connectivity index (χ1v) is 9.34. The average Bonchev–Trinajstić information content (AvgIpc) is 3.20. The molecule has 0 N–H and O–H groups in total. The minimum atomic E-state index is -0.788. The van der Waals surface area contributed by atoms with Crippen molar-refractivity contribution < 1.29 is 14.3 Å². The first-order chi connectivity index (χ1) is 13.5. The van der Waals surface area contributed by atoms with E-state index in [2.05, 4.69) is 16.4 Å². The Morgan fingerprint density at radius 3 is 2.50 bits per heavy atom. The summed E-state index contributed by atoms with van der Waals surface area (Å²) in [6.07, 6.45) is 0. The van der Waals surface area contributed by atoms with Crippen molar-refractivity contribution >= 4 is 17.5 Å². The van der Waals surface area contributed by atoms with Crippen LogP contribution in [0, 0.1) is 13.8 Å². The molecule has 7 heteroatoms. The summed E-state index contributed by atoms with van der Waals surface area (Å²) in [6, 6.07) is 11.6. The van der Waals surface area contributed by atoms with Gasteiger partial charge in [0, 0.05) is 0 Å². The first-order valence-electron chi connectivity index (χ1n) is 9.34. The summed E-state index contributed by atoms with van der Waals surface area (Å²) in [5.41, 5.74) is 3.84. The minimum absolute atomic E-state index is 0.297. The van der Waals surface area contributed by atoms with Gasteiger partial charge in [-0.05, 0) is 56.2 Å². The highest BCUT2D eigenvalue weighted by Crippen LogP contribution is 2.33. The van der Waals surface area contributed by atoms with Gasteiger partial charge >= 0.3 is 0 Å². The van der Waals surface area contributed by atoms with Gasteiger partial charge in [-0.3, -0.25) is 14.6 Å². The standard InChI is InChI=1S/C21H22N4O3/c1-4-28-17-9-7-16(8-10-17)25-20(26)18-19(21(25)27)24(23-22-18)12-15-11-13(2)5-6-14(15)3/h5-11,18-19H,4,12H2,1-3H3. The molecule has 1 saturated heterocycles. The number of hydrogen-bond acceptors (Lipinski definition) is 6. The lowest BCUT2D eigenvalue weighted by atomic mass is 10.0. The molecule has 2 aromatic rings. The number of anilines is 1. The Morgan fingerprint density at radius 2 is 1.79 bits per heavy atom. The topological polar surface area (TPSA) is 74.6 Å². The van der Waals surface area contributed by atoms with Crippen LogP contribution in [-0.2, 0) is 16.1 Å². The zero-order valence-electron chi connectivity index (χ0n) is 16.1. The molecule has 2 aromatic carbocycles. The lowest BCUT2D eigenvalue weighted by Gasteiger charge is -2.21. The van der Waals surface area contributed by atoms with Crippen molar-refractivity contribution in [1.82, 2.24) is 5.01 Å². The summed E-state index contributed by atoms with van der Waals surface area (Å²) in [5, 5.41) is 9.85. The van der Waals surface area contributed by atoms with Crippen molar-refractivity contribution in [3.8, 4) is 5.75 Å². The van der Waals surface area contributed by atoms with E-state index in [1.54, 1.807) is 29.3 Å². The van der Waals surface area contributed by atoms with Crippen LogP contribution in [0.15, 0.2) is 52.8 Å². The highest BCUT2D eigenvalue weighted by Gasteiger charge is 2.54. The quantitative estimate of drug-likeness (QED) is 0.749. The van der Waals surface area contributed by atoms with E-state index in [1.807, 2.05) is 32.9 Å². The molecule has 2 aliphatic heterocycles. The molecule has 144 valence electrons. The third kappa shape index (κ3) is 3.02. The normalized spacial score (nSPS) is 20.8. The van der Waals surface area contributed by atoms with Crippen LogP contribution in [0.5, 0.6) is 5.75 Å². The van der Waals surface area contributed by atoms with Gasteiger partial charge in [-0.1, -0.05) is 29.0 Å². The maximum atomic E-state index is 13.1. The molecule has 0 aromatic heterocycles. The molecule has 2 amide bonds. The zero-order chi connectivity index (χ0) is 19.8. The molecule has 2 unspecified atom stereocenters. The number of imide groups is 1. The number of nitrogens with zero attached hydrogens (tertiary/aromatic N) is 4. The molecule has 0 spiro atoms. The highest BCUT2D eigenvalue weighted by molar-refractivity contribution is 6.25. The predicted octanol–water partition coefficient (Wildman–Crippen LogP) is 3.20. The van der Waals surface area contributed by atoms with E-state index in [4.69, 9.17) is 4.74 Å². The van der Waals surface area contributed by atoms with Crippen molar-refractivity contribution in [1.29, 1.82) is 0 Å². The largest absolute Gasteiger partial charge is 0.494 e. The second-order valence-corrected chi connectivity index (χ2v) is 7.06. The third-order valence-corrected chi connectivity index (χ3v) is 5.10. The number of rotatable bonds is 5. The van der Waals surface area contributed by atoms with Crippen molar-refractivity contribution in [2.75, 3.05) is 11.5 Å². The molecule has 2 atom stereocenters. The predicted molar refractivity (Wildman–Crippen MR) is 104 cm³/mol. The molecule has 2 heterocycles. The first kappa shape index (κ1) is 18.2. The van der Waals surface area contributed by atoms with E-state index in [0.717, 1.165) is 16.7 Å². The Bertz CT molecular complexity index is 955. The third-order valence-electron chi connectivity index (χ3n) is 5.10. The highest BCUT2D eigenvalue weighted by atomic mass is 16.5. The molecule has 28 heavy (non-hydrogen) atoms. The molecule has 0 aliphatic carbocycles. The van der Waals surface area contributed by atoms with Crippen LogP contribution in [0.3, 0.4) is 0 Å². The molecule has 4 rings (SSSR count). The lowest BCUT2D eigenvalue weighted by molar-refractivity contribution is -0.123. The Hall–Kier alpha value is -3.22. The Labute approximate surface area is 163 Å². The number of hydrogen-bond donors (Lipinski definition) is 0. The van der Waals surface area contributed by atoms with Crippen molar-refractivity contribution in [2.24, 2.45) is 10.3 Å². The van der Waals surface area contributed by atoms with E-state index in [1.165, 1.54) is 4.90 Å². The van der Waals surface area contributed by atoms with Gasteiger partial charge in [0.1, 0.15) is 5.75 Å². The summed E-state index contributed by atoms with van der Waals surface area (Å²) in [7, 11) is 0. The van der Waals surface area contributed by atoms with Gasteiger partial charge in [-0.25, -0.2) is 4.90 Å². The fourth-order valence-corrected chi connectivity index (χ4v) is 3.61. The number of fused-ring (bicyclic) bond motifs is 1. The smallest absolute Gasteiger partial charge is 0.263 e. The van der Waals surface area contributed by atoms with Crippen LogP contribution in [0.25, 0.3) is 0 Å². The maximum Gasteiger partial charge on any atom is 0.263 e. The average molecular weight is 378 g/mol. The van der Waals surface area contributed by atoms with E-state index >= 15 is 0 Å². The van der Waals surface area contributed by atoms with Gasteiger partial charge in [0.05, 0.1) is 18.8 Å². The van der Waals surface area contributed by atoms with Crippen molar-refractivity contribution in [3.63, 3.8) is 0 Å². The van der Waals surface area contributed by atoms with Crippen LogP contribution in [0.2, 0.25) is 0 Å². The van der Waals surface area contributed by atoms with Gasteiger partial charge in [0.15, 0.2) is 12.1 Å². The summed E-state index contributed by atoms with van der Waals surface area (Å²) in [5.74, 6) is 0.0580. The Morgan fingerprint density at radius 1 is 1.04 bits per heavy atom. The number of carbonyl (C=O) groups is 2. The van der Waals surface area contributed by atoms with Crippen molar-refractivity contribution in [3.05, 3.63) is 59.2 Å². The number of benzene rings is 2. The summed E-state index contributed by atoms with van der Waals surface area (Å²) in [6.45, 7) is 6.94. The second kappa shape index (κ2) is 7.07. The molecule has 0 radical (unpaired) electrons.